The average molecular weight is 240 g/mol. The van der Waals surface area contributed by atoms with Crippen LogP contribution in [0.5, 0.6) is 0 Å². The van der Waals surface area contributed by atoms with Crippen LogP contribution in [0.3, 0.4) is 0 Å². The number of alkyl halides is 1. The third kappa shape index (κ3) is 1.56. The Morgan fingerprint density at radius 1 is 1.31 bits per heavy atom. The van der Waals surface area contributed by atoms with Gasteiger partial charge in [-0.3, -0.25) is 4.98 Å². The fraction of sp³-hybridized carbons (Fsp3) is 0.100. The van der Waals surface area contributed by atoms with E-state index in [9.17, 15) is 4.39 Å². The van der Waals surface area contributed by atoms with Crippen LogP contribution in [0.1, 0.15) is 5.56 Å². The molecule has 0 atom stereocenters. The zero-order chi connectivity index (χ0) is 9.26. The molecule has 1 heterocycles. The highest BCUT2D eigenvalue weighted by atomic mass is 79.9. The van der Waals surface area contributed by atoms with Crippen LogP contribution in [0.2, 0.25) is 0 Å². The van der Waals surface area contributed by atoms with Crippen molar-refractivity contribution in [3.8, 4) is 0 Å². The van der Waals surface area contributed by atoms with Crippen LogP contribution in [-0.2, 0) is 5.33 Å². The molecule has 0 aliphatic carbocycles. The van der Waals surface area contributed by atoms with Crippen LogP contribution in [0.25, 0.3) is 10.9 Å². The summed E-state index contributed by atoms with van der Waals surface area (Å²) in [7, 11) is 0. The van der Waals surface area contributed by atoms with Gasteiger partial charge in [0, 0.05) is 23.0 Å². The quantitative estimate of drug-likeness (QED) is 0.697. The molecule has 0 N–H and O–H groups in total. The highest BCUT2D eigenvalue weighted by Gasteiger charge is 2.00. The average Bonchev–Trinajstić information content (AvgIpc) is 2.16. The molecule has 0 aliphatic heterocycles. The van der Waals surface area contributed by atoms with E-state index in [0.29, 0.717) is 5.52 Å². The SMILES string of the molecule is Fc1ccc2c(CBr)ccnc2c1. The van der Waals surface area contributed by atoms with Crippen molar-refractivity contribution < 1.29 is 4.39 Å². The number of hydrogen-bond acceptors (Lipinski definition) is 1. The maximum atomic E-state index is 12.8. The van der Waals surface area contributed by atoms with Gasteiger partial charge in [-0.2, -0.15) is 0 Å². The maximum absolute atomic E-state index is 12.8. The van der Waals surface area contributed by atoms with E-state index in [1.54, 1.807) is 12.3 Å². The van der Waals surface area contributed by atoms with Gasteiger partial charge in [0.2, 0.25) is 0 Å². The van der Waals surface area contributed by atoms with E-state index in [1.165, 1.54) is 12.1 Å². The number of nitrogens with zero attached hydrogens (tertiary/aromatic N) is 1. The monoisotopic (exact) mass is 239 g/mol. The van der Waals surface area contributed by atoms with Gasteiger partial charge in [-0.05, 0) is 23.8 Å². The molecule has 0 spiro atoms. The molecule has 1 nitrogen and oxygen atoms in total. The molecule has 1 aromatic heterocycles. The van der Waals surface area contributed by atoms with E-state index < -0.39 is 0 Å². The minimum Gasteiger partial charge on any atom is -0.256 e. The van der Waals surface area contributed by atoms with E-state index in [0.717, 1.165) is 16.3 Å². The van der Waals surface area contributed by atoms with Gasteiger partial charge in [0.1, 0.15) is 5.82 Å². The lowest BCUT2D eigenvalue weighted by atomic mass is 10.1. The normalized spacial score (nSPS) is 10.6. The van der Waals surface area contributed by atoms with Gasteiger partial charge in [0.25, 0.3) is 0 Å². The molecule has 0 bridgehead atoms. The van der Waals surface area contributed by atoms with Gasteiger partial charge >= 0.3 is 0 Å². The van der Waals surface area contributed by atoms with Crippen molar-refractivity contribution in [1.82, 2.24) is 4.98 Å². The van der Waals surface area contributed by atoms with Gasteiger partial charge < -0.3 is 0 Å². The van der Waals surface area contributed by atoms with E-state index in [1.807, 2.05) is 6.07 Å². The first-order valence-corrected chi connectivity index (χ1v) is 5.02. The summed E-state index contributed by atoms with van der Waals surface area (Å²) in [6.07, 6.45) is 1.69. The minimum atomic E-state index is -0.244. The molecule has 2 aromatic rings. The van der Waals surface area contributed by atoms with Gasteiger partial charge in [0.05, 0.1) is 5.52 Å². The Balaban J connectivity index is 2.77. The molecule has 0 amide bonds. The Labute approximate surface area is 83.7 Å². The van der Waals surface area contributed by atoms with Crippen molar-refractivity contribution in [2.45, 2.75) is 5.33 Å². The van der Waals surface area contributed by atoms with Gasteiger partial charge in [-0.15, -0.1) is 0 Å². The zero-order valence-electron chi connectivity index (χ0n) is 6.80. The summed E-state index contributed by atoms with van der Waals surface area (Å²) >= 11 is 3.38. The number of aromatic nitrogens is 1. The number of hydrogen-bond donors (Lipinski definition) is 0. The molecule has 0 saturated heterocycles. The molecular weight excluding hydrogens is 233 g/mol. The number of benzene rings is 1. The fourth-order valence-corrected chi connectivity index (χ4v) is 1.79. The Morgan fingerprint density at radius 3 is 2.92 bits per heavy atom. The summed E-state index contributed by atoms with van der Waals surface area (Å²) in [6, 6.07) is 6.58. The van der Waals surface area contributed by atoms with E-state index in [4.69, 9.17) is 0 Å². The van der Waals surface area contributed by atoms with Gasteiger partial charge in [0.15, 0.2) is 0 Å². The topological polar surface area (TPSA) is 12.9 Å². The summed E-state index contributed by atoms with van der Waals surface area (Å²) in [6.45, 7) is 0. The molecule has 3 heteroatoms. The predicted molar refractivity (Wildman–Crippen MR) is 54.3 cm³/mol. The van der Waals surface area contributed by atoms with Crippen LogP contribution < -0.4 is 0 Å². The summed E-state index contributed by atoms with van der Waals surface area (Å²) in [5, 5.41) is 1.76. The lowest BCUT2D eigenvalue weighted by molar-refractivity contribution is 0.629. The second kappa shape index (κ2) is 3.42. The zero-order valence-corrected chi connectivity index (χ0v) is 8.38. The standard InChI is InChI=1S/C10H7BrFN/c11-6-7-3-4-13-10-5-8(12)1-2-9(7)10/h1-5H,6H2. The van der Waals surface area contributed by atoms with E-state index >= 15 is 0 Å². The van der Waals surface area contributed by atoms with Crippen LogP contribution in [0.15, 0.2) is 30.5 Å². The Bertz CT molecular complexity index is 442. The van der Waals surface area contributed by atoms with Gasteiger partial charge in [-0.25, -0.2) is 4.39 Å². The second-order valence-corrected chi connectivity index (χ2v) is 3.33. The highest BCUT2D eigenvalue weighted by Crippen LogP contribution is 2.19. The Kier molecular flexibility index (Phi) is 2.27. The van der Waals surface area contributed by atoms with E-state index in [-0.39, 0.29) is 5.82 Å². The lowest BCUT2D eigenvalue weighted by Gasteiger charge is -2.01. The Morgan fingerprint density at radius 2 is 2.15 bits per heavy atom. The van der Waals surface area contributed by atoms with Gasteiger partial charge in [-0.1, -0.05) is 15.9 Å². The van der Waals surface area contributed by atoms with Crippen LogP contribution in [-0.4, -0.2) is 4.98 Å². The first-order valence-electron chi connectivity index (χ1n) is 3.90. The van der Waals surface area contributed by atoms with Crippen molar-refractivity contribution in [2.75, 3.05) is 0 Å². The predicted octanol–water partition coefficient (Wildman–Crippen LogP) is 3.27. The van der Waals surface area contributed by atoms with Crippen LogP contribution in [0.4, 0.5) is 4.39 Å². The molecular formula is C10H7BrFN. The molecule has 0 radical (unpaired) electrons. The highest BCUT2D eigenvalue weighted by molar-refractivity contribution is 9.08. The first kappa shape index (κ1) is 8.63. The van der Waals surface area contributed by atoms with Crippen molar-refractivity contribution in [3.05, 3.63) is 41.8 Å². The molecule has 1 aromatic carbocycles. The minimum absolute atomic E-state index is 0.244. The largest absolute Gasteiger partial charge is 0.256 e. The molecule has 0 unspecified atom stereocenters. The lowest BCUT2D eigenvalue weighted by Crippen LogP contribution is -1.85. The second-order valence-electron chi connectivity index (χ2n) is 2.77. The number of fused-ring (bicyclic) bond motifs is 1. The van der Waals surface area contributed by atoms with Crippen molar-refractivity contribution in [1.29, 1.82) is 0 Å². The van der Waals surface area contributed by atoms with Crippen molar-refractivity contribution in [2.24, 2.45) is 0 Å². The number of rotatable bonds is 1. The Hall–Kier alpha value is -0.960. The van der Waals surface area contributed by atoms with E-state index in [2.05, 4.69) is 20.9 Å². The molecule has 0 saturated carbocycles. The van der Waals surface area contributed by atoms with Crippen LogP contribution >= 0.6 is 15.9 Å². The molecule has 13 heavy (non-hydrogen) atoms. The molecule has 0 fully saturated rings. The summed E-state index contributed by atoms with van der Waals surface area (Å²) in [5.74, 6) is -0.244. The summed E-state index contributed by atoms with van der Waals surface area (Å²) < 4.78 is 12.8. The number of pyridine rings is 1. The summed E-state index contributed by atoms with van der Waals surface area (Å²) in [5.41, 5.74) is 1.84. The number of halogens is 2. The molecule has 0 aliphatic rings. The first-order chi connectivity index (χ1) is 6.31. The maximum Gasteiger partial charge on any atom is 0.125 e. The third-order valence-electron chi connectivity index (χ3n) is 1.94. The smallest absolute Gasteiger partial charge is 0.125 e. The third-order valence-corrected chi connectivity index (χ3v) is 2.54. The van der Waals surface area contributed by atoms with Crippen LogP contribution in [0, 0.1) is 5.82 Å². The van der Waals surface area contributed by atoms with Crippen molar-refractivity contribution >= 4 is 26.8 Å². The fourth-order valence-electron chi connectivity index (χ4n) is 1.30. The summed E-state index contributed by atoms with van der Waals surface area (Å²) in [4.78, 5) is 4.09. The van der Waals surface area contributed by atoms with Crippen molar-refractivity contribution in [3.63, 3.8) is 0 Å². The molecule has 66 valence electrons. The molecule has 2 rings (SSSR count).